The molecule has 0 saturated carbocycles. The molecule has 25 heavy (non-hydrogen) atoms. The number of benzene rings is 2. The van der Waals surface area contributed by atoms with Gasteiger partial charge in [-0.2, -0.15) is 0 Å². The van der Waals surface area contributed by atoms with Crippen LogP contribution in [0.1, 0.15) is 11.1 Å². The van der Waals surface area contributed by atoms with Crippen LogP contribution in [0.15, 0.2) is 48.5 Å². The zero-order chi connectivity index (χ0) is 18.3. The number of halogens is 1. The third kappa shape index (κ3) is 7.15. The number of rotatable bonds is 8. The molecule has 0 spiro atoms. The lowest BCUT2D eigenvalue weighted by molar-refractivity contribution is -0.118. The van der Waals surface area contributed by atoms with E-state index in [9.17, 15) is 13.2 Å². The summed E-state index contributed by atoms with van der Waals surface area (Å²) in [5.41, 5.74) is 1.68. The molecule has 0 aliphatic carbocycles. The quantitative estimate of drug-likeness (QED) is 0.713. The molecule has 0 radical (unpaired) electrons. The maximum Gasteiger partial charge on any atom is 0.235 e. The molecular weight excluding hydrogens is 362 g/mol. The Hall–Kier alpha value is -2.05. The molecule has 2 aromatic carbocycles. The molecule has 0 unspecified atom stereocenters. The van der Waals surface area contributed by atoms with Crippen LogP contribution in [0.2, 0.25) is 5.02 Å². The fraction of sp³-hybridized carbons (Fsp3) is 0.278. The van der Waals surface area contributed by atoms with E-state index in [-0.39, 0.29) is 18.9 Å². The Morgan fingerprint density at radius 2 is 1.88 bits per heavy atom. The Bertz CT molecular complexity index is 819. The molecule has 1 amide bonds. The summed E-state index contributed by atoms with van der Waals surface area (Å²) in [4.78, 5) is 11.8. The van der Waals surface area contributed by atoms with E-state index in [4.69, 9.17) is 16.3 Å². The van der Waals surface area contributed by atoms with Crippen LogP contribution >= 0.6 is 11.6 Å². The molecule has 2 aromatic rings. The first-order chi connectivity index (χ1) is 11.8. The van der Waals surface area contributed by atoms with Crippen molar-refractivity contribution in [2.75, 3.05) is 18.9 Å². The van der Waals surface area contributed by atoms with Crippen LogP contribution in [0.4, 0.5) is 0 Å². The van der Waals surface area contributed by atoms with Crippen LogP contribution in [0.25, 0.3) is 0 Å². The molecule has 0 aromatic heterocycles. The van der Waals surface area contributed by atoms with E-state index < -0.39 is 21.5 Å². The number of amides is 1. The Morgan fingerprint density at radius 1 is 1.16 bits per heavy atom. The summed E-state index contributed by atoms with van der Waals surface area (Å²) in [6, 6.07) is 14.1. The molecule has 0 heterocycles. The van der Waals surface area contributed by atoms with Gasteiger partial charge in [0.15, 0.2) is 9.84 Å². The summed E-state index contributed by atoms with van der Waals surface area (Å²) in [6.07, 6.45) is 0. The molecule has 0 fully saturated rings. The van der Waals surface area contributed by atoms with Crippen molar-refractivity contribution < 1.29 is 17.9 Å². The van der Waals surface area contributed by atoms with Gasteiger partial charge in [-0.05, 0) is 42.3 Å². The molecule has 0 saturated heterocycles. The van der Waals surface area contributed by atoms with Crippen molar-refractivity contribution in [1.29, 1.82) is 0 Å². The highest BCUT2D eigenvalue weighted by atomic mass is 35.5. The van der Waals surface area contributed by atoms with Crippen LogP contribution in [0.3, 0.4) is 0 Å². The second-order valence-corrected chi connectivity index (χ2v) is 8.17. The molecule has 1 N–H and O–H groups in total. The van der Waals surface area contributed by atoms with Crippen LogP contribution in [-0.4, -0.2) is 33.2 Å². The van der Waals surface area contributed by atoms with Gasteiger partial charge in [0.1, 0.15) is 18.1 Å². The largest absolute Gasteiger partial charge is 0.492 e. The fourth-order valence-electron chi connectivity index (χ4n) is 2.20. The topological polar surface area (TPSA) is 72.5 Å². The number of hydrogen-bond acceptors (Lipinski definition) is 4. The maximum atomic E-state index is 12.1. The Kier molecular flexibility index (Phi) is 6.84. The van der Waals surface area contributed by atoms with Crippen molar-refractivity contribution in [2.24, 2.45) is 0 Å². The van der Waals surface area contributed by atoms with Crippen LogP contribution < -0.4 is 10.1 Å². The van der Waals surface area contributed by atoms with E-state index in [1.165, 1.54) is 0 Å². The molecule has 0 aliphatic heterocycles. The van der Waals surface area contributed by atoms with E-state index in [2.05, 4.69) is 5.32 Å². The monoisotopic (exact) mass is 381 g/mol. The van der Waals surface area contributed by atoms with Gasteiger partial charge in [0.05, 0.1) is 12.3 Å². The standard InChI is InChI=1S/C18H20ClNO4S/c1-14-3-2-4-17(11-14)24-10-9-20-18(21)13-25(22,23)12-15-5-7-16(19)8-6-15/h2-8,11H,9-10,12-13H2,1H3,(H,20,21). The normalized spacial score (nSPS) is 11.1. The number of carbonyl (C=O) groups is 1. The van der Waals surface area contributed by atoms with E-state index in [0.717, 1.165) is 5.56 Å². The predicted molar refractivity (Wildman–Crippen MR) is 98.6 cm³/mol. The van der Waals surface area contributed by atoms with E-state index in [0.29, 0.717) is 16.3 Å². The zero-order valence-corrected chi connectivity index (χ0v) is 15.4. The molecule has 134 valence electrons. The van der Waals surface area contributed by atoms with Crippen molar-refractivity contribution >= 4 is 27.3 Å². The van der Waals surface area contributed by atoms with E-state index >= 15 is 0 Å². The highest BCUT2D eigenvalue weighted by Crippen LogP contribution is 2.13. The smallest absolute Gasteiger partial charge is 0.235 e. The zero-order valence-electron chi connectivity index (χ0n) is 13.9. The molecule has 0 bridgehead atoms. The first kappa shape index (κ1) is 19.3. The van der Waals surface area contributed by atoms with Crippen LogP contribution in [0.5, 0.6) is 5.75 Å². The number of hydrogen-bond donors (Lipinski definition) is 1. The molecule has 0 atom stereocenters. The Labute approximate surface area is 152 Å². The second kappa shape index (κ2) is 8.87. The lowest BCUT2D eigenvalue weighted by atomic mass is 10.2. The minimum atomic E-state index is -3.54. The van der Waals surface area contributed by atoms with Gasteiger partial charge in [-0.3, -0.25) is 4.79 Å². The van der Waals surface area contributed by atoms with E-state index in [1.54, 1.807) is 24.3 Å². The number of aryl methyl sites for hydroxylation is 1. The highest BCUT2D eigenvalue weighted by molar-refractivity contribution is 7.91. The summed E-state index contributed by atoms with van der Waals surface area (Å²) < 4.78 is 29.6. The van der Waals surface area contributed by atoms with Gasteiger partial charge < -0.3 is 10.1 Å². The molecule has 0 aliphatic rings. The Balaban J connectivity index is 1.74. The van der Waals surface area contributed by atoms with Crippen molar-refractivity contribution in [3.8, 4) is 5.75 Å². The van der Waals surface area contributed by atoms with Gasteiger partial charge in [-0.1, -0.05) is 35.9 Å². The Morgan fingerprint density at radius 3 is 2.56 bits per heavy atom. The predicted octanol–water partition coefficient (Wildman–Crippen LogP) is 2.76. The van der Waals surface area contributed by atoms with Crippen molar-refractivity contribution in [2.45, 2.75) is 12.7 Å². The van der Waals surface area contributed by atoms with Crippen molar-refractivity contribution in [1.82, 2.24) is 5.32 Å². The summed E-state index contributed by atoms with van der Waals surface area (Å²) in [7, 11) is -3.54. The summed E-state index contributed by atoms with van der Waals surface area (Å²) in [5, 5.41) is 3.09. The van der Waals surface area contributed by atoms with Crippen molar-refractivity contribution in [3.63, 3.8) is 0 Å². The van der Waals surface area contributed by atoms with Gasteiger partial charge >= 0.3 is 0 Å². The maximum absolute atomic E-state index is 12.1. The summed E-state index contributed by atoms with van der Waals surface area (Å²) >= 11 is 5.77. The number of nitrogens with one attached hydrogen (secondary N) is 1. The van der Waals surface area contributed by atoms with Gasteiger partial charge in [0.25, 0.3) is 0 Å². The third-order valence-corrected chi connectivity index (χ3v) is 5.06. The molecule has 5 nitrogen and oxygen atoms in total. The highest BCUT2D eigenvalue weighted by Gasteiger charge is 2.17. The average Bonchev–Trinajstić information content (AvgIpc) is 2.53. The molecule has 2 rings (SSSR count). The average molecular weight is 382 g/mol. The van der Waals surface area contributed by atoms with Crippen LogP contribution in [0, 0.1) is 6.92 Å². The lowest BCUT2D eigenvalue weighted by Crippen LogP contribution is -2.33. The minimum absolute atomic E-state index is 0.197. The van der Waals surface area contributed by atoms with Crippen LogP contribution in [-0.2, 0) is 20.4 Å². The lowest BCUT2D eigenvalue weighted by Gasteiger charge is -2.09. The van der Waals surface area contributed by atoms with Gasteiger partial charge in [0.2, 0.25) is 5.91 Å². The third-order valence-electron chi connectivity index (χ3n) is 3.33. The number of carbonyl (C=O) groups excluding carboxylic acids is 1. The van der Waals surface area contributed by atoms with Crippen molar-refractivity contribution in [3.05, 3.63) is 64.7 Å². The first-order valence-electron chi connectivity index (χ1n) is 7.75. The number of sulfone groups is 1. The summed E-state index contributed by atoms with van der Waals surface area (Å²) in [6.45, 7) is 2.47. The SMILES string of the molecule is Cc1cccc(OCCNC(=O)CS(=O)(=O)Cc2ccc(Cl)cc2)c1. The molecule has 7 heteroatoms. The number of ether oxygens (including phenoxy) is 1. The molecular formula is C18H20ClNO4S. The van der Waals surface area contributed by atoms with Gasteiger partial charge in [-0.15, -0.1) is 0 Å². The van der Waals surface area contributed by atoms with Gasteiger partial charge in [0, 0.05) is 5.02 Å². The first-order valence-corrected chi connectivity index (χ1v) is 9.95. The fourth-order valence-corrected chi connectivity index (χ4v) is 3.63. The second-order valence-electron chi connectivity index (χ2n) is 5.67. The summed E-state index contributed by atoms with van der Waals surface area (Å²) in [5.74, 6) is -0.580. The minimum Gasteiger partial charge on any atom is -0.492 e. The van der Waals surface area contributed by atoms with E-state index in [1.807, 2.05) is 31.2 Å². The van der Waals surface area contributed by atoms with Gasteiger partial charge in [-0.25, -0.2) is 8.42 Å².